The molecule has 0 heterocycles. The summed E-state index contributed by atoms with van der Waals surface area (Å²) in [5, 5.41) is 11.1. The fourth-order valence-electron chi connectivity index (χ4n) is 1.46. The molecule has 0 saturated carbocycles. The maximum absolute atomic E-state index is 11.0. The van der Waals surface area contributed by atoms with Crippen molar-refractivity contribution in [1.29, 1.82) is 0 Å². The van der Waals surface area contributed by atoms with E-state index in [0.717, 1.165) is 10.6 Å². The summed E-state index contributed by atoms with van der Waals surface area (Å²) in [4.78, 5) is 11.0. The zero-order valence-corrected chi connectivity index (χ0v) is 9.55. The molecule has 0 amide bonds. The number of carboxylic acid groups (broad SMARTS) is 1. The summed E-state index contributed by atoms with van der Waals surface area (Å²) in [5.74, 6) is -0.862. The van der Waals surface area contributed by atoms with E-state index in [4.69, 9.17) is 5.11 Å². The van der Waals surface area contributed by atoms with Gasteiger partial charge in [-0.25, -0.2) is 4.79 Å². The number of carboxylic acids is 1. The van der Waals surface area contributed by atoms with Gasteiger partial charge in [0.2, 0.25) is 0 Å². The monoisotopic (exact) mass is 230 g/mol. The van der Waals surface area contributed by atoms with Gasteiger partial charge in [0.1, 0.15) is 0 Å². The molecule has 0 aliphatic rings. The second kappa shape index (κ2) is 4.91. The lowest BCUT2D eigenvalue weighted by Crippen LogP contribution is -2.13. The minimum absolute atomic E-state index is 0.388. The summed E-state index contributed by atoms with van der Waals surface area (Å²) in [6.45, 7) is 0. The van der Waals surface area contributed by atoms with Gasteiger partial charge in [-0.3, -0.25) is 0 Å². The fraction of sp³-hybridized carbons (Fsp3) is 0. The van der Waals surface area contributed by atoms with Crippen molar-refractivity contribution in [3.63, 3.8) is 0 Å². The van der Waals surface area contributed by atoms with Gasteiger partial charge in [-0.15, -0.1) is 0 Å². The van der Waals surface area contributed by atoms with Gasteiger partial charge in [0, 0.05) is 0 Å². The molecule has 0 bridgehead atoms. The third-order valence-corrected chi connectivity index (χ3v) is 3.54. The Bertz CT molecular complexity index is 494. The highest BCUT2D eigenvalue weighted by molar-refractivity contribution is 7.55. The molecule has 0 saturated heterocycles. The summed E-state index contributed by atoms with van der Waals surface area (Å²) in [6, 6.07) is 17.0. The van der Waals surface area contributed by atoms with Gasteiger partial charge in [-0.1, -0.05) is 57.1 Å². The fourth-order valence-corrected chi connectivity index (χ4v) is 2.63. The van der Waals surface area contributed by atoms with Crippen LogP contribution >= 0.6 is 8.58 Å². The van der Waals surface area contributed by atoms with E-state index in [1.807, 2.05) is 42.5 Å². The Morgan fingerprint density at radius 1 is 0.938 bits per heavy atom. The first kappa shape index (κ1) is 10.8. The maximum Gasteiger partial charge on any atom is 0.336 e. The number of rotatable bonds is 3. The second-order valence-electron chi connectivity index (χ2n) is 3.34. The van der Waals surface area contributed by atoms with Gasteiger partial charge >= 0.3 is 5.97 Å². The first-order valence-electron chi connectivity index (χ1n) is 4.92. The van der Waals surface area contributed by atoms with E-state index < -0.39 is 5.97 Å². The standard InChI is InChI=1S/C13H11O2P/c14-13(15)11-8-4-5-9-12(11)16-10-6-2-1-3-7-10/h1-9,16H,(H,14,15). The second-order valence-corrected chi connectivity index (χ2v) is 4.71. The van der Waals surface area contributed by atoms with Crippen molar-refractivity contribution in [3.8, 4) is 0 Å². The Kier molecular flexibility index (Phi) is 3.33. The van der Waals surface area contributed by atoms with E-state index in [-0.39, 0.29) is 0 Å². The lowest BCUT2D eigenvalue weighted by molar-refractivity contribution is 0.0698. The van der Waals surface area contributed by atoms with Crippen LogP contribution in [0.15, 0.2) is 54.6 Å². The van der Waals surface area contributed by atoms with Crippen LogP contribution in [0.4, 0.5) is 0 Å². The lowest BCUT2D eigenvalue weighted by atomic mass is 10.2. The molecule has 0 spiro atoms. The van der Waals surface area contributed by atoms with Crippen LogP contribution in [0.5, 0.6) is 0 Å². The number of hydrogen-bond acceptors (Lipinski definition) is 1. The molecule has 2 rings (SSSR count). The normalized spacial score (nSPS) is 10.8. The van der Waals surface area contributed by atoms with E-state index in [2.05, 4.69) is 0 Å². The zero-order valence-electron chi connectivity index (χ0n) is 8.55. The van der Waals surface area contributed by atoms with Crippen LogP contribution in [-0.4, -0.2) is 11.1 Å². The quantitative estimate of drug-likeness (QED) is 0.819. The number of carbonyl (C=O) groups is 1. The third-order valence-electron chi connectivity index (χ3n) is 2.21. The lowest BCUT2D eigenvalue weighted by Gasteiger charge is -2.05. The maximum atomic E-state index is 11.0. The molecule has 1 N–H and O–H groups in total. The van der Waals surface area contributed by atoms with Crippen LogP contribution in [0.25, 0.3) is 0 Å². The highest BCUT2D eigenvalue weighted by Crippen LogP contribution is 2.13. The molecule has 80 valence electrons. The summed E-state index contributed by atoms with van der Waals surface area (Å²) in [7, 11) is 0.388. The highest BCUT2D eigenvalue weighted by Gasteiger charge is 2.08. The molecule has 1 atom stereocenters. The van der Waals surface area contributed by atoms with Crippen molar-refractivity contribution in [2.75, 3.05) is 0 Å². The van der Waals surface area contributed by atoms with Crippen molar-refractivity contribution in [2.45, 2.75) is 0 Å². The Morgan fingerprint density at radius 3 is 2.25 bits per heavy atom. The predicted octanol–water partition coefficient (Wildman–Crippen LogP) is 2.01. The Morgan fingerprint density at radius 2 is 1.56 bits per heavy atom. The average Bonchev–Trinajstić information content (AvgIpc) is 2.31. The molecule has 0 fully saturated rings. The largest absolute Gasteiger partial charge is 0.478 e. The van der Waals surface area contributed by atoms with E-state index in [9.17, 15) is 4.79 Å². The van der Waals surface area contributed by atoms with Gasteiger partial charge in [-0.2, -0.15) is 0 Å². The molecule has 2 aromatic rings. The summed E-state index contributed by atoms with van der Waals surface area (Å²) < 4.78 is 0. The highest BCUT2D eigenvalue weighted by atomic mass is 31.1. The molecule has 0 aromatic heterocycles. The number of hydrogen-bond donors (Lipinski definition) is 1. The molecule has 0 aliphatic heterocycles. The van der Waals surface area contributed by atoms with Gasteiger partial charge in [0.25, 0.3) is 0 Å². The first-order valence-corrected chi connectivity index (χ1v) is 5.92. The van der Waals surface area contributed by atoms with Gasteiger partial charge in [0.05, 0.1) is 5.56 Å². The summed E-state index contributed by atoms with van der Waals surface area (Å²) in [5.41, 5.74) is 0.393. The Balaban J connectivity index is 2.31. The molecule has 2 nitrogen and oxygen atoms in total. The molecule has 16 heavy (non-hydrogen) atoms. The molecule has 1 unspecified atom stereocenters. The van der Waals surface area contributed by atoms with Crippen LogP contribution in [0.3, 0.4) is 0 Å². The van der Waals surface area contributed by atoms with Gasteiger partial charge < -0.3 is 5.11 Å². The van der Waals surface area contributed by atoms with Crippen LogP contribution in [-0.2, 0) is 0 Å². The van der Waals surface area contributed by atoms with Gasteiger partial charge in [0.15, 0.2) is 0 Å². The smallest absolute Gasteiger partial charge is 0.336 e. The molecule has 0 radical (unpaired) electrons. The SMILES string of the molecule is O=C(O)c1ccccc1Pc1ccccc1. The zero-order chi connectivity index (χ0) is 11.4. The molecule has 2 aromatic carbocycles. The van der Waals surface area contributed by atoms with Crippen LogP contribution in [0, 0.1) is 0 Å². The predicted molar refractivity (Wildman–Crippen MR) is 67.4 cm³/mol. The Labute approximate surface area is 95.7 Å². The summed E-state index contributed by atoms with van der Waals surface area (Å²) in [6.07, 6.45) is 0. The van der Waals surface area contributed by atoms with Crippen molar-refractivity contribution in [1.82, 2.24) is 0 Å². The van der Waals surface area contributed by atoms with Crippen molar-refractivity contribution in [2.24, 2.45) is 0 Å². The Hall–Kier alpha value is -1.66. The first-order chi connectivity index (χ1) is 7.77. The van der Waals surface area contributed by atoms with Gasteiger partial charge in [-0.05, 0) is 16.7 Å². The van der Waals surface area contributed by atoms with E-state index in [0.29, 0.717) is 14.1 Å². The molecular formula is C13H11O2P. The third kappa shape index (κ3) is 2.47. The minimum atomic E-state index is -0.862. The molecule has 3 heteroatoms. The van der Waals surface area contributed by atoms with Crippen LogP contribution in [0.2, 0.25) is 0 Å². The minimum Gasteiger partial charge on any atom is -0.478 e. The van der Waals surface area contributed by atoms with E-state index in [1.54, 1.807) is 12.1 Å². The molecular weight excluding hydrogens is 219 g/mol. The topological polar surface area (TPSA) is 37.3 Å². The van der Waals surface area contributed by atoms with Crippen LogP contribution in [0.1, 0.15) is 10.4 Å². The van der Waals surface area contributed by atoms with Crippen molar-refractivity contribution >= 4 is 25.2 Å². The van der Waals surface area contributed by atoms with E-state index >= 15 is 0 Å². The average molecular weight is 230 g/mol. The van der Waals surface area contributed by atoms with E-state index in [1.165, 1.54) is 0 Å². The molecule has 0 aliphatic carbocycles. The summed E-state index contributed by atoms with van der Waals surface area (Å²) >= 11 is 0. The number of aromatic carboxylic acids is 1. The van der Waals surface area contributed by atoms with Crippen molar-refractivity contribution < 1.29 is 9.90 Å². The van der Waals surface area contributed by atoms with Crippen LogP contribution < -0.4 is 10.6 Å². The van der Waals surface area contributed by atoms with Crippen molar-refractivity contribution in [3.05, 3.63) is 60.2 Å². The number of benzene rings is 2.